The van der Waals surface area contributed by atoms with Crippen LogP contribution in [-0.2, 0) is 6.54 Å². The molecule has 2 amide bonds. The Morgan fingerprint density at radius 3 is 2.64 bits per heavy atom. The van der Waals surface area contributed by atoms with Crippen LogP contribution >= 0.6 is 0 Å². The highest BCUT2D eigenvalue weighted by Gasteiger charge is 2.11. The van der Waals surface area contributed by atoms with Crippen LogP contribution in [0.2, 0.25) is 0 Å². The normalized spacial score (nSPS) is 12.1. The second kappa shape index (κ2) is 7.29. The first-order valence-corrected chi connectivity index (χ1v) is 8.33. The van der Waals surface area contributed by atoms with E-state index in [1.165, 1.54) is 0 Å². The maximum atomic E-state index is 12.3. The predicted molar refractivity (Wildman–Crippen MR) is 97.5 cm³/mol. The molecule has 0 aliphatic heterocycles. The van der Waals surface area contributed by atoms with E-state index in [0.29, 0.717) is 12.2 Å². The molecule has 2 aromatic heterocycles. The number of nitrogens with one attached hydrogen (secondary N) is 2. The van der Waals surface area contributed by atoms with Crippen LogP contribution in [-0.4, -0.2) is 31.6 Å². The lowest BCUT2D eigenvalue weighted by Crippen LogP contribution is -2.40. The van der Waals surface area contributed by atoms with Crippen LogP contribution in [0.5, 0.6) is 0 Å². The highest BCUT2D eigenvalue weighted by atomic mass is 16.2. The quantitative estimate of drug-likeness (QED) is 0.749. The fourth-order valence-corrected chi connectivity index (χ4v) is 2.59. The Labute approximate surface area is 146 Å². The molecule has 0 saturated carbocycles. The third kappa shape index (κ3) is 4.12. The van der Waals surface area contributed by atoms with Gasteiger partial charge in [0.05, 0.1) is 28.7 Å². The lowest BCUT2D eigenvalue weighted by atomic mass is 10.2. The van der Waals surface area contributed by atoms with E-state index in [-0.39, 0.29) is 12.1 Å². The van der Waals surface area contributed by atoms with E-state index in [4.69, 9.17) is 0 Å². The highest BCUT2D eigenvalue weighted by molar-refractivity contribution is 5.92. The lowest BCUT2D eigenvalue weighted by molar-refractivity contribution is 0.246. The standard InChI is InChI=1S/C18H22N6O/c1-4-14(10-24-8-7-19-11-24)22-18(25)23-15-5-6-16-17(9-15)21-13(3)12(2)20-16/h5-9,11,14H,4,10H2,1-3H3,(H2,22,23,25)/t14-/m1/s1. The van der Waals surface area contributed by atoms with Crippen molar-refractivity contribution in [3.05, 3.63) is 48.3 Å². The SMILES string of the molecule is CC[C@H](Cn1ccnc1)NC(=O)Nc1ccc2nc(C)c(C)nc2c1. The average Bonchev–Trinajstić information content (AvgIpc) is 3.08. The van der Waals surface area contributed by atoms with E-state index in [2.05, 4.69) is 25.6 Å². The fourth-order valence-electron chi connectivity index (χ4n) is 2.59. The Hall–Kier alpha value is -2.96. The molecule has 0 unspecified atom stereocenters. The summed E-state index contributed by atoms with van der Waals surface area (Å²) in [5, 5.41) is 5.86. The molecule has 7 heteroatoms. The summed E-state index contributed by atoms with van der Waals surface area (Å²) in [5.74, 6) is 0. The van der Waals surface area contributed by atoms with E-state index in [9.17, 15) is 4.79 Å². The van der Waals surface area contributed by atoms with Crippen LogP contribution in [0, 0.1) is 13.8 Å². The van der Waals surface area contributed by atoms with Gasteiger partial charge in [-0.2, -0.15) is 0 Å². The van der Waals surface area contributed by atoms with Crippen molar-refractivity contribution >= 4 is 22.8 Å². The number of imidazole rings is 1. The number of carbonyl (C=O) groups excluding carboxylic acids is 1. The van der Waals surface area contributed by atoms with Gasteiger partial charge >= 0.3 is 6.03 Å². The molecule has 130 valence electrons. The fraction of sp³-hybridized carbons (Fsp3) is 0.333. The Morgan fingerprint density at radius 2 is 1.96 bits per heavy atom. The lowest BCUT2D eigenvalue weighted by Gasteiger charge is -2.18. The maximum absolute atomic E-state index is 12.3. The van der Waals surface area contributed by atoms with Gasteiger partial charge in [-0.1, -0.05) is 6.92 Å². The molecule has 3 rings (SSSR count). The van der Waals surface area contributed by atoms with Crippen LogP contribution in [0.15, 0.2) is 36.9 Å². The zero-order valence-corrected chi connectivity index (χ0v) is 14.7. The van der Waals surface area contributed by atoms with Gasteiger partial charge in [0.2, 0.25) is 0 Å². The molecular weight excluding hydrogens is 316 g/mol. The van der Waals surface area contributed by atoms with Gasteiger partial charge in [-0.15, -0.1) is 0 Å². The number of rotatable bonds is 5. The topological polar surface area (TPSA) is 84.7 Å². The predicted octanol–water partition coefficient (Wildman–Crippen LogP) is 3.04. The van der Waals surface area contributed by atoms with Gasteiger partial charge in [0.1, 0.15) is 0 Å². The summed E-state index contributed by atoms with van der Waals surface area (Å²) in [6.45, 7) is 6.59. The van der Waals surface area contributed by atoms with Crippen molar-refractivity contribution < 1.29 is 4.79 Å². The zero-order chi connectivity index (χ0) is 17.8. The van der Waals surface area contributed by atoms with Crippen molar-refractivity contribution in [1.29, 1.82) is 0 Å². The molecule has 25 heavy (non-hydrogen) atoms. The number of aromatic nitrogens is 4. The highest BCUT2D eigenvalue weighted by Crippen LogP contribution is 2.17. The number of nitrogens with zero attached hydrogens (tertiary/aromatic N) is 4. The molecule has 1 aromatic carbocycles. The summed E-state index contributed by atoms with van der Waals surface area (Å²) in [5.41, 5.74) is 4.09. The van der Waals surface area contributed by atoms with Gasteiger partial charge in [-0.05, 0) is 38.5 Å². The van der Waals surface area contributed by atoms with E-state index in [0.717, 1.165) is 28.8 Å². The Balaban J connectivity index is 1.67. The average molecular weight is 338 g/mol. The third-order valence-electron chi connectivity index (χ3n) is 4.15. The number of aryl methyl sites for hydroxylation is 2. The van der Waals surface area contributed by atoms with Crippen molar-refractivity contribution in [3.8, 4) is 0 Å². The van der Waals surface area contributed by atoms with E-state index < -0.39 is 0 Å². The van der Waals surface area contributed by atoms with Gasteiger partial charge in [0.25, 0.3) is 0 Å². The molecule has 2 heterocycles. The molecular formula is C18H22N6O. The number of benzene rings is 1. The van der Waals surface area contributed by atoms with Gasteiger partial charge in [0, 0.05) is 30.7 Å². The molecule has 3 aromatic rings. The van der Waals surface area contributed by atoms with Crippen molar-refractivity contribution in [2.45, 2.75) is 39.8 Å². The van der Waals surface area contributed by atoms with Crippen molar-refractivity contribution in [3.63, 3.8) is 0 Å². The Bertz CT molecular complexity index is 875. The summed E-state index contributed by atoms with van der Waals surface area (Å²) in [6, 6.07) is 5.34. The maximum Gasteiger partial charge on any atom is 0.319 e. The number of carbonyl (C=O) groups is 1. The minimum absolute atomic E-state index is 0.0272. The molecule has 0 fully saturated rings. The number of fused-ring (bicyclic) bond motifs is 1. The third-order valence-corrected chi connectivity index (χ3v) is 4.15. The van der Waals surface area contributed by atoms with Gasteiger partial charge in [0.15, 0.2) is 0 Å². The summed E-state index contributed by atoms with van der Waals surface area (Å²) >= 11 is 0. The number of anilines is 1. The van der Waals surface area contributed by atoms with Gasteiger partial charge in [-0.3, -0.25) is 0 Å². The molecule has 1 atom stereocenters. The first-order chi connectivity index (χ1) is 12.0. The molecule has 7 nitrogen and oxygen atoms in total. The first kappa shape index (κ1) is 16.9. The van der Waals surface area contributed by atoms with Crippen LogP contribution in [0.25, 0.3) is 11.0 Å². The van der Waals surface area contributed by atoms with Gasteiger partial charge < -0.3 is 15.2 Å². The second-order valence-electron chi connectivity index (χ2n) is 6.06. The summed E-state index contributed by atoms with van der Waals surface area (Å²) < 4.78 is 1.95. The molecule has 0 aliphatic rings. The second-order valence-corrected chi connectivity index (χ2v) is 6.06. The minimum Gasteiger partial charge on any atom is -0.335 e. The number of amides is 2. The molecule has 0 radical (unpaired) electrons. The largest absolute Gasteiger partial charge is 0.335 e. The summed E-state index contributed by atoms with van der Waals surface area (Å²) in [6.07, 6.45) is 6.18. The minimum atomic E-state index is -0.233. The van der Waals surface area contributed by atoms with Crippen LogP contribution in [0.4, 0.5) is 10.5 Å². The van der Waals surface area contributed by atoms with Crippen LogP contribution in [0.1, 0.15) is 24.7 Å². The van der Waals surface area contributed by atoms with Crippen molar-refractivity contribution in [1.82, 2.24) is 24.8 Å². The number of urea groups is 1. The van der Waals surface area contributed by atoms with Crippen molar-refractivity contribution in [2.75, 3.05) is 5.32 Å². The molecule has 0 bridgehead atoms. The van der Waals surface area contributed by atoms with E-state index >= 15 is 0 Å². The Morgan fingerprint density at radius 1 is 1.20 bits per heavy atom. The summed E-state index contributed by atoms with van der Waals surface area (Å²) in [7, 11) is 0. The smallest absolute Gasteiger partial charge is 0.319 e. The number of hydrogen-bond donors (Lipinski definition) is 2. The van der Waals surface area contributed by atoms with Crippen molar-refractivity contribution in [2.24, 2.45) is 0 Å². The molecule has 0 spiro atoms. The molecule has 0 saturated heterocycles. The summed E-state index contributed by atoms with van der Waals surface area (Å²) in [4.78, 5) is 25.3. The van der Waals surface area contributed by atoms with Crippen LogP contribution in [0.3, 0.4) is 0 Å². The monoisotopic (exact) mass is 338 g/mol. The Kier molecular flexibility index (Phi) is 4.92. The molecule has 0 aliphatic carbocycles. The molecule has 2 N–H and O–H groups in total. The van der Waals surface area contributed by atoms with Crippen LogP contribution < -0.4 is 10.6 Å². The van der Waals surface area contributed by atoms with Gasteiger partial charge in [-0.25, -0.2) is 19.7 Å². The number of hydrogen-bond acceptors (Lipinski definition) is 4. The van der Waals surface area contributed by atoms with E-state index in [1.54, 1.807) is 12.5 Å². The first-order valence-electron chi connectivity index (χ1n) is 8.33. The zero-order valence-electron chi connectivity index (χ0n) is 14.7. The van der Waals surface area contributed by atoms with E-state index in [1.807, 2.05) is 49.7 Å².